The molecule has 0 saturated carbocycles. The predicted molar refractivity (Wildman–Crippen MR) is 57.7 cm³/mol. The van der Waals surface area contributed by atoms with Gasteiger partial charge in [0.1, 0.15) is 0 Å². The van der Waals surface area contributed by atoms with Crippen LogP contribution in [0.1, 0.15) is 25.0 Å². The maximum absolute atomic E-state index is 12.4. The lowest BCUT2D eigenvalue weighted by Crippen LogP contribution is -2.06. The molecule has 0 fully saturated rings. The molecule has 0 heterocycles. The van der Waals surface area contributed by atoms with Gasteiger partial charge in [-0.3, -0.25) is 0 Å². The Kier molecular flexibility index (Phi) is 3.82. The van der Waals surface area contributed by atoms with Crippen LogP contribution in [0.5, 0.6) is 0 Å². The van der Waals surface area contributed by atoms with E-state index in [0.717, 1.165) is 18.1 Å². The van der Waals surface area contributed by atoms with E-state index < -0.39 is 11.7 Å². The quantitative estimate of drug-likeness (QED) is 0.739. The summed E-state index contributed by atoms with van der Waals surface area (Å²) in [6, 6.07) is 4.21. The second-order valence-corrected chi connectivity index (χ2v) is 4.76. The lowest BCUT2D eigenvalue weighted by Gasteiger charge is -2.11. The van der Waals surface area contributed by atoms with E-state index in [0.29, 0.717) is 5.92 Å². The van der Waals surface area contributed by atoms with Gasteiger partial charge in [0.2, 0.25) is 0 Å². The van der Waals surface area contributed by atoms with Gasteiger partial charge >= 0.3 is 6.18 Å². The first-order chi connectivity index (χ1) is 6.80. The van der Waals surface area contributed by atoms with Crippen LogP contribution in [0.2, 0.25) is 0 Å². The van der Waals surface area contributed by atoms with Crippen LogP contribution < -0.4 is 0 Å². The van der Waals surface area contributed by atoms with E-state index >= 15 is 0 Å². The van der Waals surface area contributed by atoms with Crippen molar-refractivity contribution in [1.82, 2.24) is 0 Å². The monoisotopic (exact) mass is 280 g/mol. The highest BCUT2D eigenvalue weighted by atomic mass is 79.9. The third kappa shape index (κ3) is 3.52. The summed E-state index contributed by atoms with van der Waals surface area (Å²) in [5.41, 5.74) is 0.305. The molecule has 0 amide bonds. The Labute approximate surface area is 95.6 Å². The molecule has 0 aliphatic heterocycles. The third-order valence-electron chi connectivity index (χ3n) is 1.98. The Morgan fingerprint density at radius 2 is 1.87 bits per heavy atom. The molecule has 1 aromatic carbocycles. The molecule has 0 spiro atoms. The second-order valence-electron chi connectivity index (χ2n) is 3.91. The zero-order valence-electron chi connectivity index (χ0n) is 8.53. The van der Waals surface area contributed by atoms with Gasteiger partial charge in [-0.15, -0.1) is 0 Å². The van der Waals surface area contributed by atoms with Crippen molar-refractivity contribution in [2.24, 2.45) is 5.92 Å². The van der Waals surface area contributed by atoms with Gasteiger partial charge in [0, 0.05) is 4.47 Å². The predicted octanol–water partition coefficient (Wildman–Crippen LogP) is 4.67. The first kappa shape index (κ1) is 12.6. The molecule has 0 unspecified atom stereocenters. The standard InChI is InChI=1S/C11H12BrF3/c1-7(2)5-8-3-4-9(10(12)6-8)11(13,14)15/h3-4,6-7H,5H2,1-2H3. The summed E-state index contributed by atoms with van der Waals surface area (Å²) in [5.74, 6) is 0.439. The van der Waals surface area contributed by atoms with E-state index in [1.54, 1.807) is 6.07 Å². The van der Waals surface area contributed by atoms with Crippen molar-refractivity contribution in [2.75, 3.05) is 0 Å². The molecule has 0 atom stereocenters. The molecular weight excluding hydrogens is 269 g/mol. The average Bonchev–Trinajstić information content (AvgIpc) is 1.99. The van der Waals surface area contributed by atoms with Crippen LogP contribution in [-0.2, 0) is 12.6 Å². The Balaban J connectivity index is 2.99. The molecule has 0 bridgehead atoms. The fourth-order valence-electron chi connectivity index (χ4n) is 1.39. The van der Waals surface area contributed by atoms with Crippen molar-refractivity contribution in [2.45, 2.75) is 26.4 Å². The molecule has 0 aliphatic rings. The van der Waals surface area contributed by atoms with Gasteiger partial charge in [0.05, 0.1) is 5.56 Å². The summed E-state index contributed by atoms with van der Waals surface area (Å²) >= 11 is 2.95. The summed E-state index contributed by atoms with van der Waals surface area (Å²) in [6.07, 6.45) is -3.49. The maximum atomic E-state index is 12.4. The minimum Gasteiger partial charge on any atom is -0.166 e. The Morgan fingerprint density at radius 3 is 2.27 bits per heavy atom. The summed E-state index contributed by atoms with van der Waals surface area (Å²) < 4.78 is 37.4. The van der Waals surface area contributed by atoms with Crippen molar-refractivity contribution in [3.05, 3.63) is 33.8 Å². The normalized spacial score (nSPS) is 12.2. The van der Waals surface area contributed by atoms with Gasteiger partial charge in [-0.25, -0.2) is 0 Å². The second kappa shape index (κ2) is 4.56. The first-order valence-electron chi connectivity index (χ1n) is 4.66. The van der Waals surface area contributed by atoms with E-state index in [4.69, 9.17) is 0 Å². The van der Waals surface area contributed by atoms with Crippen LogP contribution in [0.25, 0.3) is 0 Å². The highest BCUT2D eigenvalue weighted by Crippen LogP contribution is 2.35. The first-order valence-corrected chi connectivity index (χ1v) is 5.45. The van der Waals surface area contributed by atoms with E-state index in [1.165, 1.54) is 6.07 Å². The maximum Gasteiger partial charge on any atom is 0.417 e. The topological polar surface area (TPSA) is 0 Å². The summed E-state index contributed by atoms with van der Waals surface area (Å²) in [7, 11) is 0. The number of benzene rings is 1. The highest BCUT2D eigenvalue weighted by molar-refractivity contribution is 9.10. The summed E-state index contributed by atoms with van der Waals surface area (Å²) in [6.45, 7) is 4.07. The van der Waals surface area contributed by atoms with E-state index in [-0.39, 0.29) is 4.47 Å². The minimum absolute atomic E-state index is 0.119. The van der Waals surface area contributed by atoms with Gasteiger partial charge in [-0.05, 0) is 30.0 Å². The minimum atomic E-state index is -4.28. The fraction of sp³-hybridized carbons (Fsp3) is 0.455. The van der Waals surface area contributed by atoms with E-state index in [1.807, 2.05) is 13.8 Å². The molecule has 0 aromatic heterocycles. The number of hydrogen-bond donors (Lipinski definition) is 0. The summed E-state index contributed by atoms with van der Waals surface area (Å²) in [5, 5.41) is 0. The van der Waals surface area contributed by atoms with Crippen LogP contribution in [-0.4, -0.2) is 0 Å². The van der Waals surface area contributed by atoms with Crippen LogP contribution in [0, 0.1) is 5.92 Å². The molecule has 4 heteroatoms. The number of hydrogen-bond acceptors (Lipinski definition) is 0. The van der Waals surface area contributed by atoms with Crippen molar-refractivity contribution in [3.8, 4) is 0 Å². The van der Waals surface area contributed by atoms with Crippen molar-refractivity contribution >= 4 is 15.9 Å². The van der Waals surface area contributed by atoms with Crippen molar-refractivity contribution in [1.29, 1.82) is 0 Å². The molecule has 0 aliphatic carbocycles. The highest BCUT2D eigenvalue weighted by Gasteiger charge is 2.32. The number of alkyl halides is 3. The average molecular weight is 281 g/mol. The third-order valence-corrected chi connectivity index (χ3v) is 2.64. The molecule has 84 valence electrons. The van der Waals surface area contributed by atoms with Crippen molar-refractivity contribution in [3.63, 3.8) is 0 Å². The fourth-order valence-corrected chi connectivity index (χ4v) is 2.04. The van der Waals surface area contributed by atoms with E-state index in [2.05, 4.69) is 15.9 Å². The lowest BCUT2D eigenvalue weighted by atomic mass is 10.0. The van der Waals surface area contributed by atoms with E-state index in [9.17, 15) is 13.2 Å². The Bertz CT molecular complexity index is 342. The molecular formula is C11H12BrF3. The van der Waals surface area contributed by atoms with Crippen LogP contribution in [0.4, 0.5) is 13.2 Å². The molecule has 15 heavy (non-hydrogen) atoms. The SMILES string of the molecule is CC(C)Cc1ccc(C(F)(F)F)c(Br)c1. The van der Waals surface area contributed by atoms with Crippen LogP contribution >= 0.6 is 15.9 Å². The van der Waals surface area contributed by atoms with Gasteiger partial charge in [0.25, 0.3) is 0 Å². The van der Waals surface area contributed by atoms with Gasteiger partial charge in [-0.2, -0.15) is 13.2 Å². The largest absolute Gasteiger partial charge is 0.417 e. The molecule has 0 radical (unpaired) electrons. The van der Waals surface area contributed by atoms with Crippen LogP contribution in [0.3, 0.4) is 0 Å². The van der Waals surface area contributed by atoms with Gasteiger partial charge in [-0.1, -0.05) is 35.8 Å². The molecule has 1 aromatic rings. The summed E-state index contributed by atoms with van der Waals surface area (Å²) in [4.78, 5) is 0. The van der Waals surface area contributed by atoms with Gasteiger partial charge < -0.3 is 0 Å². The Morgan fingerprint density at radius 1 is 1.27 bits per heavy atom. The molecule has 0 saturated heterocycles. The Hall–Kier alpha value is -0.510. The van der Waals surface area contributed by atoms with Crippen molar-refractivity contribution < 1.29 is 13.2 Å². The number of rotatable bonds is 2. The molecule has 1 rings (SSSR count). The zero-order chi connectivity index (χ0) is 11.6. The smallest absolute Gasteiger partial charge is 0.166 e. The molecule has 0 N–H and O–H groups in total. The molecule has 0 nitrogen and oxygen atoms in total. The van der Waals surface area contributed by atoms with Crippen LogP contribution in [0.15, 0.2) is 22.7 Å². The lowest BCUT2D eigenvalue weighted by molar-refractivity contribution is -0.138. The van der Waals surface area contributed by atoms with Gasteiger partial charge in [0.15, 0.2) is 0 Å². The zero-order valence-corrected chi connectivity index (χ0v) is 10.1. The number of halogens is 4.